The van der Waals surface area contributed by atoms with E-state index in [4.69, 9.17) is 0 Å². The van der Waals surface area contributed by atoms with Crippen LogP contribution in [-0.2, 0) is 4.79 Å². The van der Waals surface area contributed by atoms with Crippen LogP contribution in [0.5, 0.6) is 0 Å². The summed E-state index contributed by atoms with van der Waals surface area (Å²) in [6, 6.07) is 7.86. The van der Waals surface area contributed by atoms with Gasteiger partial charge in [0.25, 0.3) is 0 Å². The van der Waals surface area contributed by atoms with Crippen LogP contribution in [-0.4, -0.2) is 33.7 Å². The van der Waals surface area contributed by atoms with E-state index in [-0.39, 0.29) is 17.7 Å². The largest absolute Gasteiger partial charge is 0.335 e. The van der Waals surface area contributed by atoms with Crippen molar-refractivity contribution in [1.29, 1.82) is 0 Å². The van der Waals surface area contributed by atoms with Crippen molar-refractivity contribution in [3.05, 3.63) is 35.0 Å². The van der Waals surface area contributed by atoms with Gasteiger partial charge in [0.2, 0.25) is 5.91 Å². The summed E-state index contributed by atoms with van der Waals surface area (Å²) in [7, 11) is 0. The third-order valence-corrected chi connectivity index (χ3v) is 6.35. The molecule has 28 heavy (non-hydrogen) atoms. The molecule has 6 nitrogen and oxygen atoms in total. The highest BCUT2D eigenvalue weighted by Gasteiger charge is 2.24. The topological polar surface area (TPSA) is 86.9 Å². The average Bonchev–Trinajstić information content (AvgIpc) is 3.17. The summed E-state index contributed by atoms with van der Waals surface area (Å²) in [5.74, 6) is -0.209. The van der Waals surface area contributed by atoms with Crippen LogP contribution in [0, 0.1) is 0 Å². The minimum atomic E-state index is -0.420. The number of aromatic amines is 1. The number of H-pyrrole nitrogens is 1. The van der Waals surface area contributed by atoms with Gasteiger partial charge in [-0.3, -0.25) is 10.1 Å². The van der Waals surface area contributed by atoms with Crippen molar-refractivity contribution in [2.75, 3.05) is 5.75 Å². The van der Waals surface area contributed by atoms with E-state index in [9.17, 15) is 9.59 Å². The van der Waals surface area contributed by atoms with Crippen LogP contribution in [0.4, 0.5) is 4.79 Å². The fourth-order valence-electron chi connectivity index (χ4n) is 2.36. The molecule has 1 saturated carbocycles. The Labute approximate surface area is 176 Å². The van der Waals surface area contributed by atoms with Crippen molar-refractivity contribution in [2.24, 2.45) is 0 Å². The molecule has 3 amide bonds. The molecule has 3 N–H and O–H groups in total. The highest BCUT2D eigenvalue weighted by Crippen LogP contribution is 2.36. The van der Waals surface area contributed by atoms with Crippen molar-refractivity contribution in [2.45, 2.75) is 37.9 Å². The lowest BCUT2D eigenvalue weighted by atomic mass is 10.2. The number of carbonyl (C=O) groups excluding carboxylic acids is 2. The summed E-state index contributed by atoms with van der Waals surface area (Å²) >= 11 is 4.55. The predicted molar refractivity (Wildman–Crippen MR) is 117 cm³/mol. The van der Waals surface area contributed by atoms with Gasteiger partial charge in [0.15, 0.2) is 5.16 Å². The normalized spacial score (nSPS) is 12.8. The summed E-state index contributed by atoms with van der Waals surface area (Å²) < 4.78 is 0. The number of nitrogens with zero attached hydrogens (tertiary/aromatic N) is 1. The smallest absolute Gasteiger partial charge is 0.321 e. The molecule has 0 atom stereocenters. The van der Waals surface area contributed by atoms with Crippen LogP contribution in [0.3, 0.4) is 0 Å². The van der Waals surface area contributed by atoms with E-state index in [1.165, 1.54) is 11.8 Å². The minimum Gasteiger partial charge on any atom is -0.335 e. The molecule has 0 aliphatic heterocycles. The predicted octanol–water partition coefficient (Wildman–Crippen LogP) is 4.97. The highest BCUT2D eigenvalue weighted by atomic mass is 32.2. The minimum absolute atomic E-state index is 0.124. The summed E-state index contributed by atoms with van der Waals surface area (Å²) in [5, 5.41) is 9.78. The quantitative estimate of drug-likeness (QED) is 0.478. The van der Waals surface area contributed by atoms with Gasteiger partial charge in [-0.1, -0.05) is 37.7 Å². The zero-order valence-corrected chi connectivity index (χ0v) is 18.1. The third kappa shape index (κ3) is 5.46. The Morgan fingerprint density at radius 3 is 2.46 bits per heavy atom. The summed E-state index contributed by atoms with van der Waals surface area (Å²) in [6.07, 6.45) is 1.97. The molecule has 0 unspecified atom stereocenters. The van der Waals surface area contributed by atoms with Gasteiger partial charge in [0, 0.05) is 6.04 Å². The molecule has 3 heterocycles. The number of hydrogen-bond acceptors (Lipinski definition) is 6. The van der Waals surface area contributed by atoms with Gasteiger partial charge in [-0.25, -0.2) is 9.78 Å². The first kappa shape index (κ1) is 20.6. The molecular weight excluding hydrogens is 412 g/mol. The molecule has 4 rings (SSSR count). The van der Waals surface area contributed by atoms with Crippen molar-refractivity contribution in [3.63, 3.8) is 0 Å². The lowest BCUT2D eigenvalue weighted by Gasteiger charge is -2.04. The van der Waals surface area contributed by atoms with Gasteiger partial charge >= 0.3 is 6.03 Å². The van der Waals surface area contributed by atoms with E-state index < -0.39 is 6.03 Å². The molecule has 0 bridgehead atoms. The summed E-state index contributed by atoms with van der Waals surface area (Å²) in [4.78, 5) is 33.7. The van der Waals surface area contributed by atoms with Gasteiger partial charge < -0.3 is 10.3 Å². The molecule has 0 radical (unpaired) electrons. The van der Waals surface area contributed by atoms with Gasteiger partial charge in [-0.2, -0.15) is 0 Å². The number of rotatable bonds is 6. The SMILES string of the molecule is CC.O=C(CSc1nc(-c2cccs2)c(-c2cccs2)[nH]1)NC(=O)NC1CC1. The fourth-order valence-corrected chi connectivity index (χ4v) is 4.47. The fraction of sp³-hybridized carbons (Fsp3) is 0.316. The maximum absolute atomic E-state index is 11.9. The number of amides is 3. The Hall–Kier alpha value is -2.10. The highest BCUT2D eigenvalue weighted by molar-refractivity contribution is 7.99. The zero-order chi connectivity index (χ0) is 19.9. The molecule has 0 spiro atoms. The van der Waals surface area contributed by atoms with Crippen molar-refractivity contribution in [1.82, 2.24) is 20.6 Å². The number of imidazole rings is 1. The van der Waals surface area contributed by atoms with Crippen LogP contribution >= 0.6 is 34.4 Å². The van der Waals surface area contributed by atoms with Crippen LogP contribution < -0.4 is 10.6 Å². The average molecular weight is 435 g/mol. The van der Waals surface area contributed by atoms with E-state index in [1.54, 1.807) is 22.7 Å². The number of hydrogen-bond donors (Lipinski definition) is 3. The van der Waals surface area contributed by atoms with Crippen molar-refractivity contribution in [3.8, 4) is 21.1 Å². The second kappa shape index (κ2) is 9.90. The maximum Gasteiger partial charge on any atom is 0.321 e. The van der Waals surface area contributed by atoms with Crippen LogP contribution in [0.25, 0.3) is 21.1 Å². The lowest BCUT2D eigenvalue weighted by Crippen LogP contribution is -2.41. The number of urea groups is 1. The Morgan fingerprint density at radius 2 is 1.86 bits per heavy atom. The van der Waals surface area contributed by atoms with Gasteiger partial charge in [-0.15, -0.1) is 22.7 Å². The molecule has 148 valence electrons. The van der Waals surface area contributed by atoms with Gasteiger partial charge in [-0.05, 0) is 35.7 Å². The molecule has 0 saturated heterocycles. The first-order chi connectivity index (χ1) is 13.7. The van der Waals surface area contributed by atoms with Crippen LogP contribution in [0.2, 0.25) is 0 Å². The Bertz CT molecular complexity index is 848. The number of nitrogens with one attached hydrogen (secondary N) is 3. The Balaban J connectivity index is 0.00000109. The molecule has 0 aromatic carbocycles. The molecule has 1 aliphatic carbocycles. The second-order valence-corrected chi connectivity index (χ2v) is 8.66. The summed E-state index contributed by atoms with van der Waals surface area (Å²) in [6.45, 7) is 4.00. The first-order valence-electron chi connectivity index (χ1n) is 9.10. The first-order valence-corrected chi connectivity index (χ1v) is 11.8. The van der Waals surface area contributed by atoms with Crippen molar-refractivity contribution >= 4 is 46.4 Å². The van der Waals surface area contributed by atoms with Gasteiger partial charge in [0.05, 0.1) is 21.2 Å². The zero-order valence-electron chi connectivity index (χ0n) is 15.7. The van der Waals surface area contributed by atoms with Gasteiger partial charge in [0.1, 0.15) is 5.69 Å². The Kier molecular flexibility index (Phi) is 7.30. The van der Waals surface area contributed by atoms with E-state index >= 15 is 0 Å². The summed E-state index contributed by atoms with van der Waals surface area (Å²) in [5.41, 5.74) is 1.84. The van der Waals surface area contributed by atoms with E-state index in [2.05, 4.69) is 20.6 Å². The third-order valence-electron chi connectivity index (χ3n) is 3.71. The Morgan fingerprint density at radius 1 is 1.18 bits per heavy atom. The number of aromatic nitrogens is 2. The number of thioether (sulfide) groups is 1. The number of carbonyl (C=O) groups is 2. The van der Waals surface area contributed by atoms with Crippen molar-refractivity contribution < 1.29 is 9.59 Å². The molecule has 1 fully saturated rings. The van der Waals surface area contributed by atoms with E-state index in [0.717, 1.165) is 34.0 Å². The standard InChI is InChI=1S/C17H16N4O2S3.C2H6/c22-13(19-16(23)18-10-5-6-10)9-26-17-20-14(11-3-1-7-24-11)15(21-17)12-4-2-8-25-12;1-2/h1-4,7-8,10H,5-6,9H2,(H,20,21)(H2,18,19,22,23);1-2H3. The van der Waals surface area contributed by atoms with Crippen LogP contribution in [0.15, 0.2) is 40.2 Å². The molecule has 9 heteroatoms. The van der Waals surface area contributed by atoms with E-state index in [0.29, 0.717) is 5.16 Å². The van der Waals surface area contributed by atoms with Crippen LogP contribution in [0.1, 0.15) is 26.7 Å². The monoisotopic (exact) mass is 434 g/mol. The molecule has 3 aromatic rings. The second-order valence-electron chi connectivity index (χ2n) is 5.80. The number of imide groups is 1. The number of thiophene rings is 2. The molecule has 1 aliphatic rings. The van der Waals surface area contributed by atoms with E-state index in [1.807, 2.05) is 48.9 Å². The maximum atomic E-state index is 11.9. The molecular formula is C19H22N4O2S3. The lowest BCUT2D eigenvalue weighted by molar-refractivity contribution is -0.117. The molecule has 3 aromatic heterocycles.